The number of hydrogen-bond donors (Lipinski definition) is 1. The summed E-state index contributed by atoms with van der Waals surface area (Å²) < 4.78 is 5.83. The molecule has 1 N–H and O–H groups in total. The number of aromatic nitrogens is 1. The van der Waals surface area contributed by atoms with Gasteiger partial charge in [0, 0.05) is 18.9 Å². The average molecular weight is 286 g/mol. The molecular formula is C15H14N2O4. The van der Waals surface area contributed by atoms with Crippen molar-refractivity contribution in [1.82, 2.24) is 9.88 Å². The molecule has 4 atom stereocenters. The molecule has 2 fully saturated rings. The molecule has 1 aromatic rings. The van der Waals surface area contributed by atoms with Crippen LogP contribution in [0.25, 0.3) is 0 Å². The average Bonchev–Trinajstić information content (AvgIpc) is 3.09. The molecule has 3 aliphatic rings. The first-order valence-corrected chi connectivity index (χ1v) is 6.88. The van der Waals surface area contributed by atoms with Gasteiger partial charge in [0.05, 0.1) is 18.6 Å². The van der Waals surface area contributed by atoms with Gasteiger partial charge in [-0.05, 0) is 17.7 Å². The second-order valence-electron chi connectivity index (χ2n) is 5.79. The lowest BCUT2D eigenvalue weighted by Crippen LogP contribution is -2.39. The predicted octanol–water partition coefficient (Wildman–Crippen LogP) is 0.448. The summed E-state index contributed by atoms with van der Waals surface area (Å²) in [6.45, 7) is 0.864. The first kappa shape index (κ1) is 12.5. The fraction of sp³-hybridized carbons (Fsp3) is 0.400. The molecule has 0 radical (unpaired) electrons. The molecule has 0 saturated carbocycles. The Morgan fingerprint density at radius 3 is 2.95 bits per heavy atom. The molecule has 1 unspecified atom stereocenters. The lowest BCUT2D eigenvalue weighted by molar-refractivity contribution is -0.148. The highest BCUT2D eigenvalue weighted by atomic mass is 16.5. The van der Waals surface area contributed by atoms with Gasteiger partial charge in [-0.1, -0.05) is 12.2 Å². The summed E-state index contributed by atoms with van der Waals surface area (Å²) in [6, 6.07) is 3.70. The van der Waals surface area contributed by atoms with Crippen LogP contribution in [0.15, 0.2) is 36.7 Å². The van der Waals surface area contributed by atoms with Gasteiger partial charge in [-0.15, -0.1) is 0 Å². The van der Waals surface area contributed by atoms with E-state index in [1.54, 1.807) is 23.4 Å². The number of carboxylic acids is 1. The topological polar surface area (TPSA) is 79.7 Å². The van der Waals surface area contributed by atoms with Gasteiger partial charge in [0.2, 0.25) is 5.91 Å². The minimum absolute atomic E-state index is 0.133. The van der Waals surface area contributed by atoms with Crippen molar-refractivity contribution in [3.8, 4) is 0 Å². The van der Waals surface area contributed by atoms with Gasteiger partial charge in [0.15, 0.2) is 0 Å². The van der Waals surface area contributed by atoms with E-state index < -0.39 is 29.5 Å². The Labute approximate surface area is 121 Å². The number of hydrogen-bond acceptors (Lipinski definition) is 4. The van der Waals surface area contributed by atoms with Crippen molar-refractivity contribution < 1.29 is 19.4 Å². The normalized spacial score (nSPS) is 36.3. The minimum Gasteiger partial charge on any atom is -0.481 e. The summed E-state index contributed by atoms with van der Waals surface area (Å²) in [6.07, 6.45) is 6.53. The Morgan fingerprint density at radius 1 is 1.48 bits per heavy atom. The Kier molecular flexibility index (Phi) is 2.47. The number of carbonyl (C=O) groups is 2. The molecule has 1 aromatic heterocycles. The fourth-order valence-corrected chi connectivity index (χ4v) is 3.70. The summed E-state index contributed by atoms with van der Waals surface area (Å²) in [5.74, 6) is -2.47. The van der Waals surface area contributed by atoms with Crippen LogP contribution in [0, 0.1) is 11.8 Å². The molecule has 21 heavy (non-hydrogen) atoms. The Morgan fingerprint density at radius 2 is 2.24 bits per heavy atom. The van der Waals surface area contributed by atoms with Crippen molar-refractivity contribution in [3.63, 3.8) is 0 Å². The molecule has 4 heterocycles. The second-order valence-corrected chi connectivity index (χ2v) is 5.79. The Hall–Kier alpha value is -2.21. The second kappa shape index (κ2) is 4.14. The molecule has 1 spiro atoms. The highest BCUT2D eigenvalue weighted by Crippen LogP contribution is 2.52. The van der Waals surface area contributed by atoms with Crippen molar-refractivity contribution in [2.45, 2.75) is 18.2 Å². The van der Waals surface area contributed by atoms with Crippen LogP contribution < -0.4 is 0 Å². The van der Waals surface area contributed by atoms with Crippen molar-refractivity contribution in [2.75, 3.05) is 6.54 Å². The van der Waals surface area contributed by atoms with Gasteiger partial charge in [-0.2, -0.15) is 0 Å². The summed E-state index contributed by atoms with van der Waals surface area (Å²) in [5.41, 5.74) is 0.220. The van der Waals surface area contributed by atoms with E-state index in [0.717, 1.165) is 5.56 Å². The molecule has 1 amide bonds. The van der Waals surface area contributed by atoms with Crippen LogP contribution in [0.4, 0.5) is 0 Å². The van der Waals surface area contributed by atoms with Gasteiger partial charge < -0.3 is 14.7 Å². The number of amides is 1. The van der Waals surface area contributed by atoms with Gasteiger partial charge >= 0.3 is 5.97 Å². The van der Waals surface area contributed by atoms with Crippen molar-refractivity contribution in [2.24, 2.45) is 11.8 Å². The molecule has 3 aliphatic heterocycles. The molecule has 0 aliphatic carbocycles. The summed E-state index contributed by atoms with van der Waals surface area (Å²) in [5, 5.41) is 9.38. The van der Waals surface area contributed by atoms with E-state index in [9.17, 15) is 14.7 Å². The molecule has 2 saturated heterocycles. The number of aliphatic carboxylic acids is 1. The SMILES string of the molecule is O=C(O)[C@H]1[C@H]2C=CC3(CN(Cc4ccncc4)C(=O)[C@@H]13)O2. The van der Waals surface area contributed by atoms with Crippen LogP contribution >= 0.6 is 0 Å². The molecule has 2 bridgehead atoms. The van der Waals surface area contributed by atoms with Gasteiger partial charge in [0.1, 0.15) is 11.5 Å². The number of carboxylic acid groups (broad SMARTS) is 1. The molecule has 6 nitrogen and oxygen atoms in total. The lowest BCUT2D eigenvalue weighted by atomic mass is 9.77. The van der Waals surface area contributed by atoms with Gasteiger partial charge in [-0.3, -0.25) is 14.6 Å². The van der Waals surface area contributed by atoms with Crippen LogP contribution in [-0.4, -0.2) is 45.1 Å². The summed E-state index contributed by atoms with van der Waals surface area (Å²) in [7, 11) is 0. The van der Waals surface area contributed by atoms with Gasteiger partial charge in [-0.25, -0.2) is 0 Å². The highest BCUT2D eigenvalue weighted by molar-refractivity contribution is 5.90. The predicted molar refractivity (Wildman–Crippen MR) is 71.0 cm³/mol. The number of carbonyl (C=O) groups excluding carboxylic acids is 1. The standard InChI is InChI=1S/C15H14N2O4/c18-13-12-11(14(19)20)10-1-4-15(12,21-10)8-17(13)7-9-2-5-16-6-3-9/h1-6,10-12H,7-8H2,(H,19,20)/t10-,11+,12-,15?/m1/s1. The minimum atomic E-state index is -0.963. The van der Waals surface area contributed by atoms with E-state index in [1.165, 1.54) is 0 Å². The quantitative estimate of drug-likeness (QED) is 0.816. The molecular weight excluding hydrogens is 272 g/mol. The molecule has 6 heteroatoms. The molecule has 4 rings (SSSR count). The fourth-order valence-electron chi connectivity index (χ4n) is 3.70. The van der Waals surface area contributed by atoms with Crippen LogP contribution in [-0.2, 0) is 20.9 Å². The summed E-state index contributed by atoms with van der Waals surface area (Å²) in [4.78, 5) is 29.7. The zero-order valence-corrected chi connectivity index (χ0v) is 11.2. The van der Waals surface area contributed by atoms with E-state index in [4.69, 9.17) is 4.74 Å². The maximum atomic E-state index is 12.6. The third-order valence-corrected chi connectivity index (χ3v) is 4.59. The lowest BCUT2D eigenvalue weighted by Gasteiger charge is -2.21. The number of rotatable bonds is 3. The van der Waals surface area contributed by atoms with Crippen molar-refractivity contribution >= 4 is 11.9 Å². The number of fused-ring (bicyclic) bond motifs is 1. The van der Waals surface area contributed by atoms with E-state index in [0.29, 0.717) is 13.1 Å². The smallest absolute Gasteiger partial charge is 0.310 e. The monoisotopic (exact) mass is 286 g/mol. The van der Waals surface area contributed by atoms with Gasteiger partial charge in [0.25, 0.3) is 0 Å². The zero-order chi connectivity index (χ0) is 14.6. The van der Waals surface area contributed by atoms with E-state index in [1.807, 2.05) is 18.2 Å². The van der Waals surface area contributed by atoms with E-state index in [2.05, 4.69) is 4.98 Å². The van der Waals surface area contributed by atoms with Crippen LogP contribution in [0.3, 0.4) is 0 Å². The zero-order valence-electron chi connectivity index (χ0n) is 11.2. The molecule has 108 valence electrons. The van der Waals surface area contributed by atoms with Crippen LogP contribution in [0.2, 0.25) is 0 Å². The Bertz CT molecular complexity index is 644. The maximum Gasteiger partial charge on any atom is 0.310 e. The van der Waals surface area contributed by atoms with Crippen LogP contribution in [0.5, 0.6) is 0 Å². The Balaban J connectivity index is 1.63. The largest absolute Gasteiger partial charge is 0.481 e. The number of nitrogens with zero attached hydrogens (tertiary/aromatic N) is 2. The highest BCUT2D eigenvalue weighted by Gasteiger charge is 2.66. The first-order chi connectivity index (χ1) is 10.1. The van der Waals surface area contributed by atoms with Crippen molar-refractivity contribution in [3.05, 3.63) is 42.2 Å². The summed E-state index contributed by atoms with van der Waals surface area (Å²) >= 11 is 0. The number of likely N-dealkylation sites (tertiary alicyclic amines) is 1. The first-order valence-electron chi connectivity index (χ1n) is 6.88. The molecule has 0 aromatic carbocycles. The number of pyridine rings is 1. The van der Waals surface area contributed by atoms with E-state index in [-0.39, 0.29) is 5.91 Å². The van der Waals surface area contributed by atoms with E-state index >= 15 is 0 Å². The van der Waals surface area contributed by atoms with Crippen LogP contribution in [0.1, 0.15) is 5.56 Å². The number of ether oxygens (including phenoxy) is 1. The third-order valence-electron chi connectivity index (χ3n) is 4.59. The third kappa shape index (κ3) is 1.65. The van der Waals surface area contributed by atoms with Crippen molar-refractivity contribution in [1.29, 1.82) is 0 Å². The maximum absolute atomic E-state index is 12.6.